The van der Waals surface area contributed by atoms with Gasteiger partial charge in [0.1, 0.15) is 0 Å². The van der Waals surface area contributed by atoms with E-state index in [1.807, 2.05) is 7.05 Å². The molecule has 0 unspecified atom stereocenters. The first kappa shape index (κ1) is 15.5. The monoisotopic (exact) mass is 332 g/mol. The SMILES string of the molecule is CN(CC1(c2ccc(Br)cc2)CC1)C(=O)CN.Cl. The van der Waals surface area contributed by atoms with E-state index in [1.54, 1.807) is 4.90 Å². The molecule has 0 bridgehead atoms. The lowest BCUT2D eigenvalue weighted by molar-refractivity contribution is -0.128. The Labute approximate surface area is 122 Å². The summed E-state index contributed by atoms with van der Waals surface area (Å²) >= 11 is 3.44. The van der Waals surface area contributed by atoms with Crippen LogP contribution in [0, 0.1) is 0 Å². The molecule has 0 heterocycles. The van der Waals surface area contributed by atoms with E-state index >= 15 is 0 Å². The summed E-state index contributed by atoms with van der Waals surface area (Å²) in [6.45, 7) is 0.859. The lowest BCUT2D eigenvalue weighted by Gasteiger charge is -2.24. The van der Waals surface area contributed by atoms with Crippen LogP contribution >= 0.6 is 28.3 Å². The van der Waals surface area contributed by atoms with Crippen LogP contribution in [0.1, 0.15) is 18.4 Å². The van der Waals surface area contributed by atoms with E-state index in [0.717, 1.165) is 23.9 Å². The topological polar surface area (TPSA) is 46.3 Å². The minimum absolute atomic E-state index is 0. The number of likely N-dealkylation sites (N-methyl/N-ethyl adjacent to an activating group) is 1. The van der Waals surface area contributed by atoms with Crippen molar-refractivity contribution in [2.45, 2.75) is 18.3 Å². The summed E-state index contributed by atoms with van der Waals surface area (Å²) in [5.41, 5.74) is 6.86. The number of halogens is 2. The summed E-state index contributed by atoms with van der Waals surface area (Å²) in [4.78, 5) is 13.2. The maximum Gasteiger partial charge on any atom is 0.236 e. The van der Waals surface area contributed by atoms with Crippen molar-refractivity contribution >= 4 is 34.2 Å². The fourth-order valence-corrected chi connectivity index (χ4v) is 2.45. The number of hydrogen-bond acceptors (Lipinski definition) is 2. The molecular weight excluding hydrogens is 316 g/mol. The Bertz CT molecular complexity index is 418. The van der Waals surface area contributed by atoms with Crippen LogP contribution in [-0.2, 0) is 10.2 Å². The van der Waals surface area contributed by atoms with Gasteiger partial charge in [0, 0.05) is 23.5 Å². The van der Waals surface area contributed by atoms with Gasteiger partial charge in [-0.15, -0.1) is 12.4 Å². The predicted octanol–water partition coefficient (Wildman–Crippen LogP) is 2.32. The summed E-state index contributed by atoms with van der Waals surface area (Å²) in [7, 11) is 1.83. The highest BCUT2D eigenvalue weighted by atomic mass is 79.9. The highest BCUT2D eigenvalue weighted by molar-refractivity contribution is 9.10. The van der Waals surface area contributed by atoms with Crippen LogP contribution in [0.4, 0.5) is 0 Å². The Kier molecular flexibility index (Phi) is 5.20. The second kappa shape index (κ2) is 6.04. The molecule has 1 fully saturated rings. The maximum atomic E-state index is 11.5. The molecule has 1 aliphatic rings. The zero-order valence-corrected chi connectivity index (χ0v) is 12.8. The number of amides is 1. The molecule has 0 saturated heterocycles. The van der Waals surface area contributed by atoms with Crippen molar-refractivity contribution in [1.82, 2.24) is 4.90 Å². The quantitative estimate of drug-likeness (QED) is 0.919. The Morgan fingerprint density at radius 3 is 2.39 bits per heavy atom. The summed E-state index contributed by atoms with van der Waals surface area (Å²) in [5.74, 6) is 0.00777. The van der Waals surface area contributed by atoms with Crippen molar-refractivity contribution in [2.75, 3.05) is 20.1 Å². The van der Waals surface area contributed by atoms with Gasteiger partial charge in [0.2, 0.25) is 5.91 Å². The van der Waals surface area contributed by atoms with Gasteiger partial charge in [0.25, 0.3) is 0 Å². The van der Waals surface area contributed by atoms with Gasteiger partial charge >= 0.3 is 0 Å². The summed E-state index contributed by atoms with van der Waals surface area (Å²) in [6.07, 6.45) is 2.30. The molecule has 0 spiro atoms. The first-order chi connectivity index (χ1) is 8.07. The van der Waals surface area contributed by atoms with Crippen LogP contribution < -0.4 is 5.73 Å². The van der Waals surface area contributed by atoms with E-state index < -0.39 is 0 Å². The third-order valence-electron chi connectivity index (χ3n) is 3.45. The fourth-order valence-electron chi connectivity index (χ4n) is 2.19. The molecule has 2 N–H and O–H groups in total. The standard InChI is InChI=1S/C13H17BrN2O.ClH/c1-16(12(17)8-15)9-13(6-7-13)10-2-4-11(14)5-3-10;/h2-5H,6-9,15H2,1H3;1H. The van der Waals surface area contributed by atoms with Crippen molar-refractivity contribution in [3.8, 4) is 0 Å². The minimum atomic E-state index is 0. The molecule has 0 atom stereocenters. The summed E-state index contributed by atoms with van der Waals surface area (Å²) in [6, 6.07) is 8.38. The normalized spacial score (nSPS) is 15.7. The molecule has 1 aliphatic carbocycles. The number of carbonyl (C=O) groups is 1. The van der Waals surface area contributed by atoms with Gasteiger partial charge in [0.05, 0.1) is 6.54 Å². The average Bonchev–Trinajstić information content (AvgIpc) is 3.09. The Hall–Kier alpha value is -0.580. The van der Waals surface area contributed by atoms with E-state index in [2.05, 4.69) is 40.2 Å². The first-order valence-corrected chi connectivity index (χ1v) is 6.57. The molecule has 0 aliphatic heterocycles. The van der Waals surface area contributed by atoms with Gasteiger partial charge in [0.15, 0.2) is 0 Å². The summed E-state index contributed by atoms with van der Waals surface area (Å²) < 4.78 is 1.09. The zero-order chi connectivity index (χ0) is 12.5. The third kappa shape index (κ3) is 3.25. The van der Waals surface area contributed by atoms with E-state index in [0.29, 0.717) is 0 Å². The molecule has 1 aromatic carbocycles. The number of hydrogen-bond donors (Lipinski definition) is 1. The Balaban J connectivity index is 0.00000162. The molecule has 18 heavy (non-hydrogen) atoms. The molecule has 2 rings (SSSR count). The molecular formula is C13H18BrClN2O. The van der Waals surface area contributed by atoms with E-state index in [9.17, 15) is 4.79 Å². The molecule has 0 aromatic heterocycles. The number of benzene rings is 1. The first-order valence-electron chi connectivity index (χ1n) is 5.77. The molecule has 3 nitrogen and oxygen atoms in total. The van der Waals surface area contributed by atoms with Gasteiger partial charge in [-0.1, -0.05) is 28.1 Å². The number of nitrogens with zero attached hydrogens (tertiary/aromatic N) is 1. The van der Waals surface area contributed by atoms with Crippen LogP contribution in [0.15, 0.2) is 28.7 Å². The van der Waals surface area contributed by atoms with Crippen LogP contribution in [0.5, 0.6) is 0 Å². The molecule has 5 heteroatoms. The van der Waals surface area contributed by atoms with E-state index in [4.69, 9.17) is 5.73 Å². The molecule has 0 radical (unpaired) electrons. The van der Waals surface area contributed by atoms with Gasteiger partial charge in [-0.3, -0.25) is 4.79 Å². The van der Waals surface area contributed by atoms with Crippen molar-refractivity contribution in [3.05, 3.63) is 34.3 Å². The van der Waals surface area contributed by atoms with E-state index in [-0.39, 0.29) is 30.3 Å². The number of rotatable bonds is 4. The molecule has 1 amide bonds. The lowest BCUT2D eigenvalue weighted by Crippen LogP contribution is -2.38. The van der Waals surface area contributed by atoms with Crippen LogP contribution in [0.25, 0.3) is 0 Å². The van der Waals surface area contributed by atoms with Crippen molar-refractivity contribution in [1.29, 1.82) is 0 Å². The van der Waals surface area contributed by atoms with Crippen molar-refractivity contribution in [2.24, 2.45) is 5.73 Å². The highest BCUT2D eigenvalue weighted by Crippen LogP contribution is 2.48. The van der Waals surface area contributed by atoms with Gasteiger partial charge < -0.3 is 10.6 Å². The number of carbonyl (C=O) groups excluding carboxylic acids is 1. The van der Waals surface area contributed by atoms with Gasteiger partial charge in [-0.2, -0.15) is 0 Å². The van der Waals surface area contributed by atoms with Crippen molar-refractivity contribution in [3.63, 3.8) is 0 Å². The average molecular weight is 334 g/mol. The lowest BCUT2D eigenvalue weighted by atomic mass is 9.95. The predicted molar refractivity (Wildman–Crippen MR) is 79.0 cm³/mol. The maximum absolute atomic E-state index is 11.5. The third-order valence-corrected chi connectivity index (χ3v) is 3.98. The highest BCUT2D eigenvalue weighted by Gasteiger charge is 2.45. The van der Waals surface area contributed by atoms with Crippen LogP contribution in [0.3, 0.4) is 0 Å². The Morgan fingerprint density at radius 2 is 1.94 bits per heavy atom. The largest absolute Gasteiger partial charge is 0.344 e. The van der Waals surface area contributed by atoms with E-state index in [1.165, 1.54) is 5.56 Å². The van der Waals surface area contributed by atoms with Crippen molar-refractivity contribution < 1.29 is 4.79 Å². The second-order valence-electron chi connectivity index (χ2n) is 4.74. The summed E-state index contributed by atoms with van der Waals surface area (Å²) in [5, 5.41) is 0. The number of nitrogens with two attached hydrogens (primary N) is 1. The zero-order valence-electron chi connectivity index (χ0n) is 10.4. The van der Waals surface area contributed by atoms with Crippen LogP contribution in [0.2, 0.25) is 0 Å². The molecule has 100 valence electrons. The molecule has 1 saturated carbocycles. The second-order valence-corrected chi connectivity index (χ2v) is 5.66. The van der Waals surface area contributed by atoms with Crippen LogP contribution in [-0.4, -0.2) is 30.9 Å². The molecule has 1 aromatic rings. The van der Waals surface area contributed by atoms with Gasteiger partial charge in [-0.05, 0) is 30.5 Å². The minimum Gasteiger partial charge on any atom is -0.344 e. The smallest absolute Gasteiger partial charge is 0.236 e. The fraction of sp³-hybridized carbons (Fsp3) is 0.462. The Morgan fingerprint density at radius 1 is 1.39 bits per heavy atom. The van der Waals surface area contributed by atoms with Gasteiger partial charge in [-0.25, -0.2) is 0 Å².